The van der Waals surface area contributed by atoms with Gasteiger partial charge in [0, 0.05) is 23.2 Å². The van der Waals surface area contributed by atoms with E-state index in [0.29, 0.717) is 23.8 Å². The molecule has 1 unspecified atom stereocenters. The second-order valence-corrected chi connectivity index (χ2v) is 8.34. The Balaban J connectivity index is 1.44. The molecule has 31 heavy (non-hydrogen) atoms. The van der Waals surface area contributed by atoms with Crippen molar-refractivity contribution >= 4 is 22.5 Å². The molecule has 0 spiro atoms. The second kappa shape index (κ2) is 9.57. The third-order valence-corrected chi connectivity index (χ3v) is 6.50. The molecule has 0 aliphatic heterocycles. The summed E-state index contributed by atoms with van der Waals surface area (Å²) in [6, 6.07) is 19.6. The minimum absolute atomic E-state index is 0.0439. The fourth-order valence-electron chi connectivity index (χ4n) is 4.86. The van der Waals surface area contributed by atoms with Gasteiger partial charge < -0.3 is 5.32 Å². The summed E-state index contributed by atoms with van der Waals surface area (Å²) in [5, 5.41) is 13.2. The highest BCUT2D eigenvalue weighted by atomic mass is 16.1. The Kier molecular flexibility index (Phi) is 6.43. The van der Waals surface area contributed by atoms with Crippen LogP contribution in [0.15, 0.2) is 73.4 Å². The normalized spacial score (nSPS) is 19.3. The average molecular weight is 410 g/mol. The lowest BCUT2D eigenvalue weighted by molar-refractivity contribution is -0.121. The molecule has 1 N–H and O–H groups in total. The first-order chi connectivity index (χ1) is 15.2. The van der Waals surface area contributed by atoms with Crippen LogP contribution in [0.3, 0.4) is 0 Å². The molecule has 1 aliphatic rings. The van der Waals surface area contributed by atoms with Crippen LogP contribution in [0.2, 0.25) is 0 Å². The molecule has 1 saturated carbocycles. The molecule has 1 aromatic heterocycles. The smallest absolute Gasteiger partial charge is 0.228 e. The van der Waals surface area contributed by atoms with Gasteiger partial charge in [-0.25, -0.2) is 0 Å². The van der Waals surface area contributed by atoms with Crippen molar-refractivity contribution in [3.8, 4) is 6.07 Å². The Morgan fingerprint density at radius 3 is 2.58 bits per heavy atom. The van der Waals surface area contributed by atoms with Crippen LogP contribution in [0, 0.1) is 23.2 Å². The zero-order valence-corrected chi connectivity index (χ0v) is 17.6. The SMILES string of the molecule is C=CCC(C(=O)Nc1ccc(C#N)cc1)C1CCC(c2ccnc3ccccc23)CC1. The molecular weight excluding hydrogens is 382 g/mol. The Hall–Kier alpha value is -3.45. The molecule has 1 atom stereocenters. The second-order valence-electron chi connectivity index (χ2n) is 8.34. The Labute approximate surface area is 183 Å². The van der Waals surface area contributed by atoms with Crippen molar-refractivity contribution in [3.05, 3.63) is 84.6 Å². The molecule has 0 bridgehead atoms. The van der Waals surface area contributed by atoms with E-state index in [9.17, 15) is 4.79 Å². The van der Waals surface area contributed by atoms with Crippen LogP contribution >= 0.6 is 0 Å². The van der Waals surface area contributed by atoms with E-state index in [1.165, 1.54) is 10.9 Å². The first-order valence-corrected chi connectivity index (χ1v) is 10.9. The number of rotatable bonds is 6. The maximum Gasteiger partial charge on any atom is 0.228 e. The first-order valence-electron chi connectivity index (χ1n) is 10.9. The van der Waals surface area contributed by atoms with Crippen LogP contribution in [-0.2, 0) is 4.79 Å². The van der Waals surface area contributed by atoms with Crippen molar-refractivity contribution in [1.29, 1.82) is 5.26 Å². The fourth-order valence-corrected chi connectivity index (χ4v) is 4.86. The van der Waals surface area contributed by atoms with E-state index in [1.54, 1.807) is 24.3 Å². The molecule has 1 aliphatic carbocycles. The van der Waals surface area contributed by atoms with Crippen molar-refractivity contribution in [2.24, 2.45) is 11.8 Å². The number of aromatic nitrogens is 1. The van der Waals surface area contributed by atoms with Crippen molar-refractivity contribution in [2.45, 2.75) is 38.0 Å². The van der Waals surface area contributed by atoms with Crippen LogP contribution < -0.4 is 5.32 Å². The van der Waals surface area contributed by atoms with Gasteiger partial charge in [0.25, 0.3) is 0 Å². The van der Waals surface area contributed by atoms with Crippen LogP contribution in [0.5, 0.6) is 0 Å². The quantitative estimate of drug-likeness (QED) is 0.492. The van der Waals surface area contributed by atoms with Gasteiger partial charge in [0.05, 0.1) is 17.1 Å². The van der Waals surface area contributed by atoms with Crippen molar-refractivity contribution in [1.82, 2.24) is 4.98 Å². The lowest BCUT2D eigenvalue weighted by Crippen LogP contribution is -2.31. The zero-order chi connectivity index (χ0) is 21.6. The summed E-state index contributed by atoms with van der Waals surface area (Å²) in [6.07, 6.45) is 8.66. The predicted molar refractivity (Wildman–Crippen MR) is 125 cm³/mol. The maximum atomic E-state index is 13.1. The number of amides is 1. The van der Waals surface area contributed by atoms with Gasteiger partial charge in [0.2, 0.25) is 5.91 Å². The number of carbonyl (C=O) groups excluding carboxylic acids is 1. The van der Waals surface area contributed by atoms with Gasteiger partial charge in [-0.05, 0) is 85.9 Å². The molecule has 1 fully saturated rings. The molecule has 0 radical (unpaired) electrons. The number of hydrogen-bond donors (Lipinski definition) is 1. The van der Waals surface area contributed by atoms with Gasteiger partial charge in [-0.3, -0.25) is 9.78 Å². The van der Waals surface area contributed by atoms with E-state index < -0.39 is 0 Å². The van der Waals surface area contributed by atoms with E-state index in [0.717, 1.165) is 36.9 Å². The third kappa shape index (κ3) is 4.67. The van der Waals surface area contributed by atoms with E-state index in [1.807, 2.05) is 18.3 Å². The van der Waals surface area contributed by atoms with Crippen LogP contribution in [0.25, 0.3) is 10.9 Å². The lowest BCUT2D eigenvalue weighted by atomic mass is 9.72. The van der Waals surface area contributed by atoms with E-state index >= 15 is 0 Å². The van der Waals surface area contributed by atoms with Crippen LogP contribution in [-0.4, -0.2) is 10.9 Å². The van der Waals surface area contributed by atoms with Crippen molar-refractivity contribution in [2.75, 3.05) is 5.32 Å². The number of pyridine rings is 1. The number of benzene rings is 2. The molecule has 1 heterocycles. The average Bonchev–Trinajstić information content (AvgIpc) is 2.83. The molecule has 1 amide bonds. The highest BCUT2D eigenvalue weighted by molar-refractivity contribution is 5.93. The predicted octanol–water partition coefficient (Wildman–Crippen LogP) is 6.21. The maximum absolute atomic E-state index is 13.1. The number of para-hydroxylation sites is 1. The summed E-state index contributed by atoms with van der Waals surface area (Å²) >= 11 is 0. The molecular formula is C27H27N3O. The number of nitrogens with one attached hydrogen (secondary N) is 1. The Morgan fingerprint density at radius 1 is 1.13 bits per heavy atom. The van der Waals surface area contributed by atoms with E-state index in [4.69, 9.17) is 5.26 Å². The summed E-state index contributed by atoms with van der Waals surface area (Å²) in [7, 11) is 0. The first kappa shape index (κ1) is 20.8. The van der Waals surface area contributed by atoms with Crippen LogP contribution in [0.1, 0.15) is 49.1 Å². The van der Waals surface area contributed by atoms with Gasteiger partial charge in [-0.2, -0.15) is 5.26 Å². The van der Waals surface area contributed by atoms with Gasteiger partial charge >= 0.3 is 0 Å². The minimum Gasteiger partial charge on any atom is -0.326 e. The molecule has 4 heteroatoms. The number of fused-ring (bicyclic) bond motifs is 1. The number of allylic oxidation sites excluding steroid dienone is 1. The summed E-state index contributed by atoms with van der Waals surface area (Å²) < 4.78 is 0. The molecule has 2 aromatic carbocycles. The summed E-state index contributed by atoms with van der Waals surface area (Å²) in [5.74, 6) is 0.821. The molecule has 3 aromatic rings. The lowest BCUT2D eigenvalue weighted by Gasteiger charge is -2.33. The highest BCUT2D eigenvalue weighted by Crippen LogP contribution is 2.41. The van der Waals surface area contributed by atoms with Gasteiger partial charge in [-0.1, -0.05) is 24.3 Å². The summed E-state index contributed by atoms with van der Waals surface area (Å²) in [5.41, 5.74) is 3.75. The zero-order valence-electron chi connectivity index (χ0n) is 17.6. The Morgan fingerprint density at radius 2 is 1.87 bits per heavy atom. The standard InChI is InChI=1S/C27H27N3O/c1-2-5-24(27(31)30-22-14-8-19(18-28)9-15-22)21-12-10-20(11-13-21)23-16-17-29-26-7-4-3-6-25(23)26/h2-4,6-9,14-17,20-21,24H,1,5,10-13H2,(H,30,31). The largest absolute Gasteiger partial charge is 0.326 e. The topological polar surface area (TPSA) is 65.8 Å². The number of hydrogen-bond acceptors (Lipinski definition) is 3. The highest BCUT2D eigenvalue weighted by Gasteiger charge is 2.32. The summed E-state index contributed by atoms with van der Waals surface area (Å²) in [4.78, 5) is 17.5. The molecule has 0 saturated heterocycles. The molecule has 4 nitrogen and oxygen atoms in total. The van der Waals surface area contributed by atoms with Gasteiger partial charge in [0.1, 0.15) is 0 Å². The monoisotopic (exact) mass is 409 g/mol. The number of nitriles is 1. The fraction of sp³-hybridized carbons (Fsp3) is 0.296. The van der Waals surface area contributed by atoms with Crippen molar-refractivity contribution in [3.63, 3.8) is 0 Å². The third-order valence-electron chi connectivity index (χ3n) is 6.50. The molecule has 4 rings (SSSR count). The van der Waals surface area contributed by atoms with Crippen molar-refractivity contribution < 1.29 is 4.79 Å². The number of nitrogens with zero attached hydrogens (tertiary/aromatic N) is 2. The van der Waals surface area contributed by atoms with Gasteiger partial charge in [-0.15, -0.1) is 6.58 Å². The van der Waals surface area contributed by atoms with Crippen LogP contribution in [0.4, 0.5) is 5.69 Å². The Bertz CT molecular complexity index is 1100. The van der Waals surface area contributed by atoms with Gasteiger partial charge in [0.15, 0.2) is 0 Å². The summed E-state index contributed by atoms with van der Waals surface area (Å²) in [6.45, 7) is 3.88. The molecule has 156 valence electrons. The van der Waals surface area contributed by atoms with E-state index in [-0.39, 0.29) is 11.8 Å². The number of carbonyl (C=O) groups is 1. The number of anilines is 1. The minimum atomic E-state index is -0.0803. The van der Waals surface area contributed by atoms with E-state index in [2.05, 4.69) is 47.2 Å².